The van der Waals surface area contributed by atoms with Gasteiger partial charge in [0.2, 0.25) is 18.3 Å². The third-order valence-electron chi connectivity index (χ3n) is 7.97. The number of phenolic OH excluding ortho intramolecular Hbond substituents is 2. The molecule has 2 aliphatic rings. The van der Waals surface area contributed by atoms with Gasteiger partial charge in [-0.3, -0.25) is 0 Å². The first-order valence-electron chi connectivity index (χ1n) is 13.3. The molecule has 1 aliphatic heterocycles. The van der Waals surface area contributed by atoms with Gasteiger partial charge in [0.25, 0.3) is 0 Å². The van der Waals surface area contributed by atoms with Crippen LogP contribution < -0.4 is 18.9 Å². The predicted molar refractivity (Wildman–Crippen MR) is 149 cm³/mol. The minimum absolute atomic E-state index is 0.00329. The maximum absolute atomic E-state index is 13.1. The number of rotatable bonds is 6. The molecule has 220 valence electrons. The first-order chi connectivity index (χ1) is 19.5. The number of allylic oxidation sites excluding steroid dienone is 2. The van der Waals surface area contributed by atoms with Crippen molar-refractivity contribution < 1.29 is 48.2 Å². The van der Waals surface area contributed by atoms with E-state index in [0.29, 0.717) is 22.3 Å². The molecular weight excluding hydrogens is 532 g/mol. The van der Waals surface area contributed by atoms with Crippen LogP contribution in [0, 0.1) is 11.8 Å². The highest BCUT2D eigenvalue weighted by Crippen LogP contribution is 2.60. The van der Waals surface area contributed by atoms with Crippen LogP contribution in [0.2, 0.25) is 0 Å². The summed E-state index contributed by atoms with van der Waals surface area (Å²) in [6.45, 7) is 10.3. The molecule has 0 unspecified atom stereocenters. The molecule has 0 saturated heterocycles. The van der Waals surface area contributed by atoms with Gasteiger partial charge in [0.05, 0.1) is 14.2 Å². The second-order valence-corrected chi connectivity index (χ2v) is 10.2. The second-order valence-electron chi connectivity index (χ2n) is 10.2. The summed E-state index contributed by atoms with van der Waals surface area (Å²) in [4.78, 5) is 26.2. The Morgan fingerprint density at radius 3 is 1.83 bits per heavy atom. The third-order valence-corrected chi connectivity index (χ3v) is 7.97. The first-order valence-corrected chi connectivity index (χ1v) is 13.3. The maximum Gasteiger partial charge on any atom is 0.333 e. The summed E-state index contributed by atoms with van der Waals surface area (Å²) in [6, 6.07) is 3.25. The smallest absolute Gasteiger partial charge is 0.333 e. The van der Waals surface area contributed by atoms with Crippen molar-refractivity contribution in [2.24, 2.45) is 11.8 Å². The zero-order valence-corrected chi connectivity index (χ0v) is 24.5. The summed E-state index contributed by atoms with van der Waals surface area (Å²) in [6.07, 6.45) is 1.36. The van der Waals surface area contributed by atoms with Crippen molar-refractivity contribution in [1.82, 2.24) is 0 Å². The van der Waals surface area contributed by atoms with Crippen LogP contribution in [0.3, 0.4) is 0 Å². The quantitative estimate of drug-likeness (QED) is 0.321. The summed E-state index contributed by atoms with van der Waals surface area (Å²) >= 11 is 0. The zero-order chi connectivity index (χ0) is 30.2. The lowest BCUT2D eigenvalue weighted by Gasteiger charge is -2.38. The highest BCUT2D eigenvalue weighted by molar-refractivity contribution is 5.91. The van der Waals surface area contributed by atoms with Gasteiger partial charge in [-0.2, -0.15) is 0 Å². The van der Waals surface area contributed by atoms with E-state index < -0.39 is 36.0 Å². The van der Waals surface area contributed by atoms with E-state index in [0.717, 1.165) is 0 Å². The van der Waals surface area contributed by atoms with Gasteiger partial charge < -0.3 is 38.6 Å². The fourth-order valence-electron chi connectivity index (χ4n) is 5.13. The lowest BCUT2D eigenvalue weighted by molar-refractivity contribution is -0.156. The Morgan fingerprint density at radius 2 is 1.34 bits per heavy atom. The molecule has 2 aromatic rings. The van der Waals surface area contributed by atoms with Crippen molar-refractivity contribution in [3.8, 4) is 45.6 Å². The molecule has 10 nitrogen and oxygen atoms in total. The number of methoxy groups -OCH3 is 2. The number of hydrogen-bond donors (Lipinski definition) is 2. The Labute approximate surface area is 239 Å². The molecule has 0 spiro atoms. The number of aromatic hydroxyl groups is 2. The highest BCUT2D eigenvalue weighted by atomic mass is 16.7. The second kappa shape index (κ2) is 11.6. The van der Waals surface area contributed by atoms with Gasteiger partial charge in [-0.1, -0.05) is 26.0 Å². The monoisotopic (exact) mass is 568 g/mol. The molecule has 10 heteroatoms. The van der Waals surface area contributed by atoms with Gasteiger partial charge in [0.15, 0.2) is 23.0 Å². The minimum Gasteiger partial charge on any atom is -0.504 e. The van der Waals surface area contributed by atoms with E-state index in [1.807, 2.05) is 13.8 Å². The van der Waals surface area contributed by atoms with Gasteiger partial charge in [0, 0.05) is 45.2 Å². The van der Waals surface area contributed by atoms with Crippen LogP contribution in [-0.2, 0) is 19.1 Å². The van der Waals surface area contributed by atoms with Gasteiger partial charge in [-0.15, -0.1) is 0 Å². The average Bonchev–Trinajstić information content (AvgIpc) is 3.45. The van der Waals surface area contributed by atoms with Crippen LogP contribution in [-0.4, -0.2) is 43.2 Å². The molecule has 0 bridgehead atoms. The summed E-state index contributed by atoms with van der Waals surface area (Å²) < 4.78 is 34.3. The van der Waals surface area contributed by atoms with Crippen molar-refractivity contribution in [1.29, 1.82) is 0 Å². The summed E-state index contributed by atoms with van der Waals surface area (Å²) in [5.41, 5.74) is 1.76. The van der Waals surface area contributed by atoms with Crippen molar-refractivity contribution in [2.75, 3.05) is 21.0 Å². The molecule has 4 rings (SSSR count). The van der Waals surface area contributed by atoms with E-state index in [2.05, 4.69) is 0 Å². The molecule has 1 aliphatic carbocycles. The Bertz CT molecular complexity index is 1440. The Morgan fingerprint density at radius 1 is 0.829 bits per heavy atom. The molecule has 2 N–H and O–H groups in total. The standard InChI is InChI=1S/C31H36O10/c1-9-14(3)30(34)40-26-16(5)17(6)27(41-31(35)15(4)10-2)19-12-21-29(39-13-38-21)25(33)23(19)22-18(26)11-20(36-7)28(37-8)24(22)32/h9-12,16-17,26-27,32-33H,13H2,1-8H3/b14-9-,15-10-/t16-,17-,26-,27-/m1/s1. The molecule has 2 aromatic carbocycles. The van der Waals surface area contributed by atoms with Crippen LogP contribution in [0.1, 0.15) is 64.9 Å². The van der Waals surface area contributed by atoms with Gasteiger partial charge >= 0.3 is 11.9 Å². The Hall–Kier alpha value is -4.34. The first kappa shape index (κ1) is 29.6. The van der Waals surface area contributed by atoms with Gasteiger partial charge in [-0.05, 0) is 39.8 Å². The molecule has 0 saturated carbocycles. The maximum atomic E-state index is 13.1. The molecule has 4 atom stereocenters. The van der Waals surface area contributed by atoms with Crippen molar-refractivity contribution in [3.05, 3.63) is 46.6 Å². The molecule has 41 heavy (non-hydrogen) atoms. The largest absolute Gasteiger partial charge is 0.504 e. The van der Waals surface area contributed by atoms with Crippen LogP contribution in [0.4, 0.5) is 0 Å². The number of phenols is 2. The number of esters is 2. The molecule has 0 fully saturated rings. The third kappa shape index (κ3) is 5.03. The lowest BCUT2D eigenvalue weighted by atomic mass is 9.74. The molecule has 0 radical (unpaired) electrons. The number of fused-ring (bicyclic) bond motifs is 4. The van der Waals surface area contributed by atoms with Crippen molar-refractivity contribution >= 4 is 11.9 Å². The van der Waals surface area contributed by atoms with Crippen molar-refractivity contribution in [3.63, 3.8) is 0 Å². The number of ether oxygens (including phenoxy) is 6. The van der Waals surface area contributed by atoms with E-state index in [4.69, 9.17) is 28.4 Å². The lowest BCUT2D eigenvalue weighted by Crippen LogP contribution is -2.31. The number of carbonyl (C=O) groups excluding carboxylic acids is 2. The van der Waals surface area contributed by atoms with E-state index in [9.17, 15) is 19.8 Å². The van der Waals surface area contributed by atoms with Crippen LogP contribution >= 0.6 is 0 Å². The number of benzene rings is 2. The van der Waals surface area contributed by atoms with E-state index in [-0.39, 0.29) is 52.4 Å². The number of hydrogen-bond acceptors (Lipinski definition) is 10. The molecule has 1 heterocycles. The molecule has 0 amide bonds. The van der Waals surface area contributed by atoms with Crippen LogP contribution in [0.25, 0.3) is 11.1 Å². The zero-order valence-electron chi connectivity index (χ0n) is 24.5. The van der Waals surface area contributed by atoms with Crippen molar-refractivity contribution in [2.45, 2.75) is 53.8 Å². The fraction of sp³-hybridized carbons (Fsp3) is 0.419. The summed E-state index contributed by atoms with van der Waals surface area (Å²) in [7, 11) is 2.79. The Balaban J connectivity index is 2.13. The van der Waals surface area contributed by atoms with E-state index in [1.54, 1.807) is 52.0 Å². The average molecular weight is 569 g/mol. The van der Waals surface area contributed by atoms with Gasteiger partial charge in [0.1, 0.15) is 12.2 Å². The SMILES string of the molecule is C/C=C(/C)C(=O)O[C@H]1c2cc(OC)c(OC)c(O)c2-c2c(cc3c(c2O)OCO3)[C@H](OC(=O)/C(C)=C\C)[C@H](C)[C@H]1C. The van der Waals surface area contributed by atoms with Gasteiger partial charge in [-0.25, -0.2) is 9.59 Å². The number of carbonyl (C=O) groups is 2. The summed E-state index contributed by atoms with van der Waals surface area (Å²) in [5, 5.41) is 23.3. The Kier molecular flexibility index (Phi) is 8.42. The molecule has 0 aromatic heterocycles. The minimum atomic E-state index is -0.963. The fourth-order valence-corrected chi connectivity index (χ4v) is 5.13. The van der Waals surface area contributed by atoms with Crippen LogP contribution in [0.15, 0.2) is 35.4 Å². The van der Waals surface area contributed by atoms with Crippen LogP contribution in [0.5, 0.6) is 34.5 Å². The van der Waals surface area contributed by atoms with E-state index >= 15 is 0 Å². The predicted octanol–water partition coefficient (Wildman–Crippen LogP) is 5.90. The topological polar surface area (TPSA) is 130 Å². The van der Waals surface area contributed by atoms with E-state index in [1.165, 1.54) is 14.2 Å². The highest BCUT2D eigenvalue weighted by Gasteiger charge is 2.44. The normalized spacial score (nSPS) is 21.7. The summed E-state index contributed by atoms with van der Waals surface area (Å²) in [5.74, 6) is -2.22. The molecular formula is C31H36O10.